The van der Waals surface area contributed by atoms with E-state index in [1.54, 1.807) is 55.5 Å². The predicted octanol–water partition coefficient (Wildman–Crippen LogP) is 3.92. The topological polar surface area (TPSA) is 75.7 Å². The molecule has 0 spiro atoms. The van der Waals surface area contributed by atoms with Crippen LogP contribution in [0.25, 0.3) is 0 Å². The summed E-state index contributed by atoms with van der Waals surface area (Å²) in [7, 11) is -3.70. The molecule has 6 nitrogen and oxygen atoms in total. The van der Waals surface area contributed by atoms with Crippen molar-refractivity contribution in [1.82, 2.24) is 0 Å². The lowest BCUT2D eigenvalue weighted by Crippen LogP contribution is -2.47. The summed E-state index contributed by atoms with van der Waals surface area (Å²) < 4.78 is 31.5. The molecule has 0 aliphatic rings. The van der Waals surface area contributed by atoms with Crippen LogP contribution in [-0.2, 0) is 14.8 Å². The van der Waals surface area contributed by atoms with Crippen molar-refractivity contribution in [3.05, 3.63) is 53.6 Å². The molecule has 0 bridgehead atoms. The van der Waals surface area contributed by atoms with Crippen molar-refractivity contribution in [3.63, 3.8) is 0 Å². The number of carbonyl (C=O) groups is 1. The molecule has 8 heteroatoms. The van der Waals surface area contributed by atoms with Crippen LogP contribution < -0.4 is 14.4 Å². The van der Waals surface area contributed by atoms with Gasteiger partial charge in [-0.25, -0.2) is 8.42 Å². The van der Waals surface area contributed by atoms with Crippen LogP contribution in [0.3, 0.4) is 0 Å². The van der Waals surface area contributed by atoms with Gasteiger partial charge in [-0.05, 0) is 49.7 Å². The summed E-state index contributed by atoms with van der Waals surface area (Å²) in [5.74, 6) is 0.0885. The Labute approximate surface area is 165 Å². The summed E-state index contributed by atoms with van der Waals surface area (Å²) >= 11 is 5.90. The molecule has 0 unspecified atom stereocenters. The smallest absolute Gasteiger partial charge is 0.248 e. The van der Waals surface area contributed by atoms with E-state index in [1.165, 1.54) is 0 Å². The highest BCUT2D eigenvalue weighted by atomic mass is 35.5. The Morgan fingerprint density at radius 3 is 2.33 bits per heavy atom. The van der Waals surface area contributed by atoms with E-state index in [-0.39, 0.29) is 0 Å². The first kappa shape index (κ1) is 21.1. The van der Waals surface area contributed by atoms with Crippen molar-refractivity contribution in [2.24, 2.45) is 0 Å². The monoisotopic (exact) mass is 410 g/mol. The van der Waals surface area contributed by atoms with Crippen molar-refractivity contribution in [1.29, 1.82) is 0 Å². The number of hydrogen-bond donors (Lipinski definition) is 1. The number of carbonyl (C=O) groups excluding carboxylic acids is 1. The first-order chi connectivity index (χ1) is 12.8. The molecular formula is C19H23ClN2O4S. The van der Waals surface area contributed by atoms with E-state index in [9.17, 15) is 13.2 Å². The Balaban J connectivity index is 2.37. The van der Waals surface area contributed by atoms with Crippen molar-refractivity contribution < 1.29 is 17.9 Å². The second-order valence-corrected chi connectivity index (χ2v) is 8.17. The van der Waals surface area contributed by atoms with Crippen LogP contribution in [0.4, 0.5) is 11.4 Å². The number of ether oxygens (including phenoxy) is 1. The standard InChI is InChI=1S/C19H23ClN2O4S/c1-4-17(19(23)21-16-8-6-7-9-18(16)26-5-2)22(27(3,24)25)15-12-10-14(20)11-13-15/h6-13,17H,4-5H2,1-3H3,(H,21,23)/t17-/m0/s1. The molecule has 1 atom stereocenters. The van der Waals surface area contributed by atoms with Gasteiger partial charge in [0.1, 0.15) is 11.8 Å². The Morgan fingerprint density at radius 2 is 1.78 bits per heavy atom. The zero-order valence-corrected chi connectivity index (χ0v) is 17.0. The summed E-state index contributed by atoms with van der Waals surface area (Å²) in [6, 6.07) is 12.4. The van der Waals surface area contributed by atoms with Crippen LogP contribution in [0.15, 0.2) is 48.5 Å². The number of halogens is 1. The predicted molar refractivity (Wildman–Crippen MR) is 109 cm³/mol. The Hall–Kier alpha value is -2.25. The molecule has 0 aliphatic carbocycles. The number of anilines is 2. The highest BCUT2D eigenvalue weighted by Gasteiger charge is 2.31. The number of benzene rings is 2. The van der Waals surface area contributed by atoms with E-state index < -0.39 is 22.0 Å². The maximum Gasteiger partial charge on any atom is 0.248 e. The zero-order valence-electron chi connectivity index (χ0n) is 15.5. The zero-order chi connectivity index (χ0) is 20.0. The first-order valence-corrected chi connectivity index (χ1v) is 10.8. The minimum atomic E-state index is -3.70. The molecule has 27 heavy (non-hydrogen) atoms. The number of nitrogens with one attached hydrogen (secondary N) is 1. The van der Waals surface area contributed by atoms with Gasteiger partial charge in [-0.3, -0.25) is 9.10 Å². The molecule has 0 fully saturated rings. The summed E-state index contributed by atoms with van der Waals surface area (Å²) in [5.41, 5.74) is 0.870. The molecule has 0 heterocycles. The van der Waals surface area contributed by atoms with Gasteiger partial charge < -0.3 is 10.1 Å². The molecule has 2 aromatic carbocycles. The average Bonchev–Trinajstić information content (AvgIpc) is 2.61. The van der Waals surface area contributed by atoms with E-state index in [0.717, 1.165) is 10.6 Å². The van der Waals surface area contributed by atoms with Crippen molar-refractivity contribution >= 4 is 38.9 Å². The van der Waals surface area contributed by atoms with E-state index in [2.05, 4.69) is 5.32 Å². The molecular weight excluding hydrogens is 388 g/mol. The van der Waals surface area contributed by atoms with Crippen LogP contribution in [-0.4, -0.2) is 33.2 Å². The molecule has 2 rings (SSSR count). The number of hydrogen-bond acceptors (Lipinski definition) is 4. The number of para-hydroxylation sites is 2. The second-order valence-electron chi connectivity index (χ2n) is 5.88. The van der Waals surface area contributed by atoms with Gasteiger partial charge in [0, 0.05) is 5.02 Å². The van der Waals surface area contributed by atoms with Crippen molar-refractivity contribution in [2.75, 3.05) is 22.5 Å². The third kappa shape index (κ3) is 5.37. The average molecular weight is 411 g/mol. The van der Waals surface area contributed by atoms with E-state index >= 15 is 0 Å². The van der Waals surface area contributed by atoms with Crippen LogP contribution in [0, 0.1) is 0 Å². The lowest BCUT2D eigenvalue weighted by atomic mass is 10.1. The molecule has 0 radical (unpaired) electrons. The van der Waals surface area contributed by atoms with Gasteiger partial charge in [0.2, 0.25) is 15.9 Å². The SMILES string of the molecule is CCOc1ccccc1NC(=O)[C@H](CC)N(c1ccc(Cl)cc1)S(C)(=O)=O. The summed E-state index contributed by atoms with van der Waals surface area (Å²) in [4.78, 5) is 12.9. The van der Waals surface area contributed by atoms with E-state index in [0.29, 0.717) is 35.2 Å². The fourth-order valence-electron chi connectivity index (χ4n) is 2.72. The lowest BCUT2D eigenvalue weighted by Gasteiger charge is -2.30. The molecule has 0 aliphatic heterocycles. The number of amides is 1. The first-order valence-electron chi connectivity index (χ1n) is 8.55. The molecule has 0 saturated heterocycles. The minimum Gasteiger partial charge on any atom is -0.492 e. The van der Waals surface area contributed by atoms with Gasteiger partial charge in [-0.15, -0.1) is 0 Å². The molecule has 146 valence electrons. The third-order valence-electron chi connectivity index (χ3n) is 3.86. The van der Waals surface area contributed by atoms with Gasteiger partial charge >= 0.3 is 0 Å². The van der Waals surface area contributed by atoms with E-state index in [1.807, 2.05) is 6.92 Å². The summed E-state index contributed by atoms with van der Waals surface area (Å²) in [6.07, 6.45) is 1.37. The summed E-state index contributed by atoms with van der Waals surface area (Å²) in [6.45, 7) is 4.05. The number of rotatable bonds is 8. The minimum absolute atomic E-state index is 0.290. The molecule has 1 amide bonds. The number of sulfonamides is 1. The molecule has 0 saturated carbocycles. The number of nitrogens with zero attached hydrogens (tertiary/aromatic N) is 1. The van der Waals surface area contributed by atoms with E-state index in [4.69, 9.17) is 16.3 Å². The van der Waals surface area contributed by atoms with Crippen molar-refractivity contribution in [2.45, 2.75) is 26.3 Å². The third-order valence-corrected chi connectivity index (χ3v) is 5.29. The Morgan fingerprint density at radius 1 is 1.15 bits per heavy atom. The maximum atomic E-state index is 12.9. The van der Waals surface area contributed by atoms with Gasteiger partial charge in [0.25, 0.3) is 0 Å². The highest BCUT2D eigenvalue weighted by molar-refractivity contribution is 7.92. The van der Waals surface area contributed by atoms with Crippen LogP contribution in [0.5, 0.6) is 5.75 Å². The van der Waals surface area contributed by atoms with Crippen LogP contribution >= 0.6 is 11.6 Å². The van der Waals surface area contributed by atoms with Crippen LogP contribution in [0.2, 0.25) is 5.02 Å². The van der Waals surface area contributed by atoms with Gasteiger partial charge in [-0.2, -0.15) is 0 Å². The van der Waals surface area contributed by atoms with Gasteiger partial charge in [0.05, 0.1) is 24.2 Å². The summed E-state index contributed by atoms with van der Waals surface area (Å²) in [5, 5.41) is 3.27. The molecule has 0 aromatic heterocycles. The molecule has 1 N–H and O–H groups in total. The lowest BCUT2D eigenvalue weighted by molar-refractivity contribution is -0.117. The Bertz CT molecular complexity index is 885. The quantitative estimate of drug-likeness (QED) is 0.715. The fourth-order valence-corrected chi connectivity index (χ4v) is 4.05. The highest BCUT2D eigenvalue weighted by Crippen LogP contribution is 2.27. The fraction of sp³-hybridized carbons (Fsp3) is 0.316. The van der Waals surface area contributed by atoms with Gasteiger partial charge in [0.15, 0.2) is 0 Å². The second kappa shape index (κ2) is 9.10. The maximum absolute atomic E-state index is 12.9. The van der Waals surface area contributed by atoms with Crippen molar-refractivity contribution in [3.8, 4) is 5.75 Å². The van der Waals surface area contributed by atoms with Crippen LogP contribution in [0.1, 0.15) is 20.3 Å². The normalized spacial score (nSPS) is 12.3. The van der Waals surface area contributed by atoms with Gasteiger partial charge in [-0.1, -0.05) is 30.7 Å². The molecule has 2 aromatic rings. The Kier molecular flexibility index (Phi) is 7.10. The largest absolute Gasteiger partial charge is 0.492 e.